The summed E-state index contributed by atoms with van der Waals surface area (Å²) in [5, 5.41) is 24.2. The Labute approximate surface area is 268 Å². The van der Waals surface area contributed by atoms with Gasteiger partial charge in [-0.15, -0.1) is 11.3 Å². The highest BCUT2D eigenvalue weighted by molar-refractivity contribution is 7.23. The molecule has 46 heavy (non-hydrogen) atoms. The maximum atomic E-state index is 16.9. The minimum atomic E-state index is -0.965. The number of nitrogens with zero attached hydrogens (tertiary/aromatic N) is 6. The molecule has 6 rings (SSSR count). The molecule has 0 unspecified atom stereocenters. The van der Waals surface area contributed by atoms with Gasteiger partial charge in [-0.05, 0) is 59.8 Å². The van der Waals surface area contributed by atoms with E-state index < -0.39 is 28.9 Å². The van der Waals surface area contributed by atoms with Gasteiger partial charge in [-0.3, -0.25) is 10.3 Å². The SMILES string of the molecule is CN(C)[C@@H]1CN(c2ncc3c4c(c(-c5ncc(F)c6sc(NC(=O)OC(C)(C)C)c(C#N)c56)c(F)c3n2)COC4)C[C@H]1C(C)(C)O. The number of pyridine rings is 1. The van der Waals surface area contributed by atoms with E-state index in [0.717, 1.165) is 17.5 Å². The number of anilines is 2. The van der Waals surface area contributed by atoms with E-state index in [1.54, 1.807) is 40.8 Å². The first-order valence-electron chi connectivity index (χ1n) is 14.8. The van der Waals surface area contributed by atoms with E-state index in [1.807, 2.05) is 25.1 Å². The van der Waals surface area contributed by atoms with E-state index >= 15 is 8.78 Å². The number of nitrogens with one attached hydrogen (secondary N) is 1. The van der Waals surface area contributed by atoms with Crippen LogP contribution in [-0.4, -0.2) is 75.5 Å². The van der Waals surface area contributed by atoms with E-state index in [4.69, 9.17) is 14.5 Å². The normalized spacial score (nSPS) is 18.4. The number of halogens is 2. The molecular formula is C32H35F2N7O4S. The molecule has 242 valence electrons. The predicted octanol–water partition coefficient (Wildman–Crippen LogP) is 5.57. The molecule has 2 aliphatic heterocycles. The second-order valence-electron chi connectivity index (χ2n) is 13.5. The topological polar surface area (TPSA) is 137 Å². The van der Waals surface area contributed by atoms with Gasteiger partial charge < -0.3 is 24.4 Å². The Kier molecular flexibility index (Phi) is 7.87. The lowest BCUT2D eigenvalue weighted by atomic mass is 9.86. The summed E-state index contributed by atoms with van der Waals surface area (Å²) >= 11 is 0.845. The summed E-state index contributed by atoms with van der Waals surface area (Å²) < 4.78 is 43.2. The maximum Gasteiger partial charge on any atom is 0.412 e. The third-order valence-electron chi connectivity index (χ3n) is 8.46. The number of nitriles is 1. The molecule has 1 fully saturated rings. The molecule has 2 atom stereocenters. The molecule has 4 aromatic rings. The fourth-order valence-corrected chi connectivity index (χ4v) is 7.36. The Bertz CT molecular complexity index is 1930. The first-order valence-corrected chi connectivity index (χ1v) is 15.6. The van der Waals surface area contributed by atoms with E-state index in [9.17, 15) is 15.2 Å². The van der Waals surface area contributed by atoms with Crippen LogP contribution in [0.25, 0.3) is 32.2 Å². The number of carbonyl (C=O) groups is 1. The number of hydrogen-bond donors (Lipinski definition) is 2. The van der Waals surface area contributed by atoms with Gasteiger partial charge in [0, 0.05) is 47.6 Å². The summed E-state index contributed by atoms with van der Waals surface area (Å²) in [4.78, 5) is 30.2. The second kappa shape index (κ2) is 11.3. The van der Waals surface area contributed by atoms with E-state index in [-0.39, 0.29) is 62.6 Å². The van der Waals surface area contributed by atoms with Crippen molar-refractivity contribution in [3.05, 3.63) is 40.7 Å². The molecule has 5 heterocycles. The van der Waals surface area contributed by atoms with Gasteiger partial charge in [0.2, 0.25) is 5.95 Å². The van der Waals surface area contributed by atoms with Crippen molar-refractivity contribution in [1.82, 2.24) is 19.9 Å². The Hall–Kier alpha value is -4.03. The molecule has 1 saturated heterocycles. The highest BCUT2D eigenvalue weighted by atomic mass is 32.1. The number of fused-ring (bicyclic) bond motifs is 4. The van der Waals surface area contributed by atoms with Crippen LogP contribution in [0.15, 0.2) is 12.4 Å². The molecule has 0 radical (unpaired) electrons. The van der Waals surface area contributed by atoms with Gasteiger partial charge in [0.25, 0.3) is 0 Å². The summed E-state index contributed by atoms with van der Waals surface area (Å²) in [6.07, 6.45) is 1.75. The van der Waals surface area contributed by atoms with Crippen LogP contribution >= 0.6 is 11.3 Å². The van der Waals surface area contributed by atoms with Crippen molar-refractivity contribution in [1.29, 1.82) is 5.26 Å². The smallest absolute Gasteiger partial charge is 0.412 e. The third-order valence-corrected chi connectivity index (χ3v) is 9.58. The van der Waals surface area contributed by atoms with Gasteiger partial charge in [-0.25, -0.2) is 23.5 Å². The molecule has 1 aromatic carbocycles. The van der Waals surface area contributed by atoms with E-state index in [0.29, 0.717) is 35.6 Å². The first kappa shape index (κ1) is 31.9. The first-order chi connectivity index (χ1) is 21.6. The highest BCUT2D eigenvalue weighted by Gasteiger charge is 2.43. The number of ether oxygens (including phenoxy) is 2. The third kappa shape index (κ3) is 5.51. The predicted molar refractivity (Wildman–Crippen MR) is 171 cm³/mol. The van der Waals surface area contributed by atoms with Gasteiger partial charge in [-0.2, -0.15) is 5.26 Å². The standard InChI is InChI=1S/C32H35F2N7O4S/c1-31(2,3)45-30(42)39-28-15(8-35)23-26(36-10-20(33)27(23)46-28)22-18-14-44-13-17(18)16-9-37-29(38-25(16)24(22)34)41-11-19(32(4,5)43)21(12-41)40(6)7/h9-10,19,21,43H,11-14H2,1-7H3,(H,39,42)/t19-,21-/m1/s1. The second-order valence-corrected chi connectivity index (χ2v) is 14.5. The molecule has 0 spiro atoms. The zero-order valence-electron chi connectivity index (χ0n) is 26.7. The van der Waals surface area contributed by atoms with E-state index in [2.05, 4.69) is 20.2 Å². The van der Waals surface area contributed by atoms with Crippen LogP contribution in [0.2, 0.25) is 0 Å². The number of amides is 1. The molecule has 2 aliphatic rings. The van der Waals surface area contributed by atoms with Crippen molar-refractivity contribution in [2.45, 2.75) is 65.1 Å². The van der Waals surface area contributed by atoms with Gasteiger partial charge >= 0.3 is 6.09 Å². The maximum absolute atomic E-state index is 16.9. The molecule has 11 nitrogen and oxygen atoms in total. The van der Waals surface area contributed by atoms with Crippen LogP contribution in [0.1, 0.15) is 51.3 Å². The Balaban J connectivity index is 1.51. The number of aromatic nitrogens is 3. The summed E-state index contributed by atoms with van der Waals surface area (Å²) in [5.41, 5.74) is -0.515. The van der Waals surface area contributed by atoms with Gasteiger partial charge in [0.05, 0.1) is 41.0 Å². The van der Waals surface area contributed by atoms with Crippen molar-refractivity contribution >= 4 is 49.4 Å². The molecule has 0 bridgehead atoms. The molecule has 1 amide bonds. The number of carbonyl (C=O) groups excluding carboxylic acids is 1. The molecule has 0 saturated carbocycles. The van der Waals surface area contributed by atoms with Crippen LogP contribution in [0.3, 0.4) is 0 Å². The molecule has 0 aliphatic carbocycles. The lowest BCUT2D eigenvalue weighted by Gasteiger charge is -2.33. The quantitative estimate of drug-likeness (QED) is 0.282. The Morgan fingerprint density at radius 2 is 1.89 bits per heavy atom. The number of hydrogen-bond acceptors (Lipinski definition) is 11. The van der Waals surface area contributed by atoms with Crippen molar-refractivity contribution in [3.63, 3.8) is 0 Å². The lowest BCUT2D eigenvalue weighted by molar-refractivity contribution is -0.000213. The molecule has 3 aromatic heterocycles. The monoisotopic (exact) mass is 651 g/mol. The van der Waals surface area contributed by atoms with Crippen LogP contribution < -0.4 is 10.2 Å². The summed E-state index contributed by atoms with van der Waals surface area (Å²) in [5.74, 6) is -1.23. The van der Waals surface area contributed by atoms with Gasteiger partial charge in [0.15, 0.2) is 11.6 Å². The largest absolute Gasteiger partial charge is 0.444 e. The van der Waals surface area contributed by atoms with Crippen LogP contribution in [0.4, 0.5) is 24.5 Å². The Morgan fingerprint density at radius 3 is 2.52 bits per heavy atom. The van der Waals surface area contributed by atoms with Crippen molar-refractivity contribution in [2.24, 2.45) is 5.92 Å². The fourth-order valence-electron chi connectivity index (χ4n) is 6.32. The average Bonchev–Trinajstić information content (AvgIpc) is 3.70. The van der Waals surface area contributed by atoms with Crippen molar-refractivity contribution in [3.8, 4) is 17.3 Å². The number of rotatable bonds is 5. The Morgan fingerprint density at radius 1 is 1.17 bits per heavy atom. The average molecular weight is 652 g/mol. The van der Waals surface area contributed by atoms with Gasteiger partial charge in [0.1, 0.15) is 22.2 Å². The van der Waals surface area contributed by atoms with E-state index in [1.165, 1.54) is 0 Å². The number of likely N-dealkylation sites (N-methyl/N-ethyl adjacent to an activating group) is 1. The summed E-state index contributed by atoms with van der Waals surface area (Å²) in [6.45, 7) is 9.88. The van der Waals surface area contributed by atoms with Crippen molar-refractivity contribution < 1.29 is 28.2 Å². The van der Waals surface area contributed by atoms with Gasteiger partial charge in [-0.1, -0.05) is 0 Å². The number of thiophene rings is 1. The molecular weight excluding hydrogens is 616 g/mol. The number of aliphatic hydroxyl groups is 1. The van der Waals surface area contributed by atoms with Crippen LogP contribution in [-0.2, 0) is 22.7 Å². The summed E-state index contributed by atoms with van der Waals surface area (Å²) in [6, 6.07) is 2.06. The minimum absolute atomic E-state index is 0.0105. The molecule has 14 heteroatoms. The van der Waals surface area contributed by atoms with Crippen molar-refractivity contribution in [2.75, 3.05) is 37.4 Å². The zero-order valence-corrected chi connectivity index (χ0v) is 27.5. The zero-order chi connectivity index (χ0) is 33.3. The number of benzene rings is 1. The summed E-state index contributed by atoms with van der Waals surface area (Å²) in [7, 11) is 3.91. The highest BCUT2D eigenvalue weighted by Crippen LogP contribution is 2.46. The lowest BCUT2D eigenvalue weighted by Crippen LogP contribution is -2.45. The van der Waals surface area contributed by atoms with Crippen LogP contribution in [0, 0.1) is 28.9 Å². The molecule has 2 N–H and O–H groups in total. The fraction of sp³-hybridized carbons (Fsp3) is 0.469. The van der Waals surface area contributed by atoms with Crippen LogP contribution in [0.5, 0.6) is 0 Å². The minimum Gasteiger partial charge on any atom is -0.444 e.